The predicted octanol–water partition coefficient (Wildman–Crippen LogP) is 2.92. The normalized spacial score (nSPS) is 17.6. The number of amides is 1. The summed E-state index contributed by atoms with van der Waals surface area (Å²) in [7, 11) is 0. The molecule has 0 aliphatic carbocycles. The predicted molar refractivity (Wildman–Crippen MR) is 114 cm³/mol. The monoisotopic (exact) mass is 395 g/mol. The first kappa shape index (κ1) is 20.1. The second kappa shape index (κ2) is 9.08. The highest BCUT2D eigenvalue weighted by atomic mass is 16.2. The fraction of sp³-hybridized carbons (Fsp3) is 0.609. The van der Waals surface area contributed by atoms with E-state index in [-0.39, 0.29) is 5.91 Å². The van der Waals surface area contributed by atoms with Crippen LogP contribution in [-0.2, 0) is 30.7 Å². The summed E-state index contributed by atoms with van der Waals surface area (Å²) in [5, 5.41) is 12.1. The van der Waals surface area contributed by atoms with Crippen LogP contribution in [0.25, 0.3) is 0 Å². The number of piperidine rings is 1. The number of hydrogen-bond donors (Lipinski definition) is 1. The third kappa shape index (κ3) is 4.86. The van der Waals surface area contributed by atoms with Crippen molar-refractivity contribution in [1.82, 2.24) is 25.0 Å². The molecule has 1 aromatic heterocycles. The van der Waals surface area contributed by atoms with Gasteiger partial charge in [0.2, 0.25) is 5.91 Å². The number of fused-ring (bicyclic) bond motifs is 1. The van der Waals surface area contributed by atoms with E-state index in [4.69, 9.17) is 0 Å². The van der Waals surface area contributed by atoms with Crippen LogP contribution in [0.5, 0.6) is 0 Å². The summed E-state index contributed by atoms with van der Waals surface area (Å²) in [5.74, 6) is 3.54. The number of benzene rings is 1. The van der Waals surface area contributed by atoms with Crippen molar-refractivity contribution < 1.29 is 4.79 Å². The van der Waals surface area contributed by atoms with E-state index in [0.717, 1.165) is 70.1 Å². The van der Waals surface area contributed by atoms with Crippen LogP contribution < -0.4 is 5.32 Å². The van der Waals surface area contributed by atoms with Crippen molar-refractivity contribution in [3.8, 4) is 0 Å². The number of aromatic nitrogens is 3. The molecule has 2 aliphatic heterocycles. The molecule has 29 heavy (non-hydrogen) atoms. The summed E-state index contributed by atoms with van der Waals surface area (Å²) >= 11 is 0. The average Bonchev–Trinajstić information content (AvgIpc) is 3.17. The first-order chi connectivity index (χ1) is 14.1. The third-order valence-corrected chi connectivity index (χ3v) is 6.16. The zero-order chi connectivity index (χ0) is 20.2. The molecule has 4 rings (SSSR count). The SMILES string of the molecule is CC(C)Cc1ccc(CCC(=O)N2CCC(c3nnc4n3CCNC4)CC2)cc1. The quantitative estimate of drug-likeness (QED) is 0.817. The fourth-order valence-corrected chi connectivity index (χ4v) is 4.53. The standard InChI is InChI=1S/C23H33N5O/c1-17(2)15-19-5-3-18(4-6-19)7-8-22(29)27-12-9-20(10-13-27)23-26-25-21-16-24-11-14-28(21)23/h3-6,17,20,24H,7-16H2,1-2H3. The molecule has 2 aliphatic rings. The van der Waals surface area contributed by atoms with E-state index in [1.807, 2.05) is 4.90 Å². The lowest BCUT2D eigenvalue weighted by Crippen LogP contribution is -2.39. The van der Waals surface area contributed by atoms with Crippen molar-refractivity contribution in [2.45, 2.75) is 65.0 Å². The van der Waals surface area contributed by atoms with E-state index in [1.54, 1.807) is 0 Å². The van der Waals surface area contributed by atoms with Gasteiger partial charge in [-0.2, -0.15) is 0 Å². The molecule has 1 fully saturated rings. The van der Waals surface area contributed by atoms with Crippen LogP contribution in [0.15, 0.2) is 24.3 Å². The van der Waals surface area contributed by atoms with Gasteiger partial charge in [0.25, 0.3) is 0 Å². The zero-order valence-corrected chi connectivity index (χ0v) is 17.7. The van der Waals surface area contributed by atoms with Crippen LogP contribution in [0, 0.1) is 5.92 Å². The van der Waals surface area contributed by atoms with Gasteiger partial charge in [-0.3, -0.25) is 4.79 Å². The summed E-state index contributed by atoms with van der Waals surface area (Å²) in [6, 6.07) is 8.78. The summed E-state index contributed by atoms with van der Waals surface area (Å²) in [6.07, 6.45) is 4.51. The molecular weight excluding hydrogens is 362 g/mol. The first-order valence-corrected chi connectivity index (χ1v) is 11.1. The number of likely N-dealkylation sites (tertiary alicyclic amines) is 1. The second-order valence-electron chi connectivity index (χ2n) is 8.87. The van der Waals surface area contributed by atoms with Gasteiger partial charge in [0.05, 0.1) is 6.54 Å². The van der Waals surface area contributed by atoms with Crippen molar-refractivity contribution in [2.75, 3.05) is 19.6 Å². The molecule has 0 saturated carbocycles. The largest absolute Gasteiger partial charge is 0.343 e. The number of carbonyl (C=O) groups excluding carboxylic acids is 1. The van der Waals surface area contributed by atoms with E-state index in [9.17, 15) is 4.79 Å². The fourth-order valence-electron chi connectivity index (χ4n) is 4.53. The van der Waals surface area contributed by atoms with E-state index in [2.05, 4.69) is 58.2 Å². The molecule has 1 saturated heterocycles. The lowest BCUT2D eigenvalue weighted by Gasteiger charge is -2.32. The highest BCUT2D eigenvalue weighted by Gasteiger charge is 2.28. The lowest BCUT2D eigenvalue weighted by atomic mass is 9.95. The van der Waals surface area contributed by atoms with Gasteiger partial charge in [-0.05, 0) is 42.7 Å². The topological polar surface area (TPSA) is 63.1 Å². The summed E-state index contributed by atoms with van der Waals surface area (Å²) in [4.78, 5) is 14.7. The average molecular weight is 396 g/mol. The minimum Gasteiger partial charge on any atom is -0.343 e. The summed E-state index contributed by atoms with van der Waals surface area (Å²) < 4.78 is 2.28. The Morgan fingerprint density at radius 2 is 1.83 bits per heavy atom. The Hall–Kier alpha value is -2.21. The van der Waals surface area contributed by atoms with Gasteiger partial charge in [0.1, 0.15) is 11.6 Å². The number of hydrogen-bond acceptors (Lipinski definition) is 4. The van der Waals surface area contributed by atoms with Gasteiger partial charge in [0, 0.05) is 38.5 Å². The minimum atomic E-state index is 0.280. The molecule has 2 aromatic rings. The van der Waals surface area contributed by atoms with E-state index < -0.39 is 0 Å². The van der Waals surface area contributed by atoms with Gasteiger partial charge >= 0.3 is 0 Å². The highest BCUT2D eigenvalue weighted by Crippen LogP contribution is 2.28. The maximum Gasteiger partial charge on any atom is 0.222 e. The van der Waals surface area contributed by atoms with E-state index in [0.29, 0.717) is 18.3 Å². The third-order valence-electron chi connectivity index (χ3n) is 6.16. The van der Waals surface area contributed by atoms with Gasteiger partial charge in [-0.15, -0.1) is 10.2 Å². The molecule has 156 valence electrons. The Morgan fingerprint density at radius 1 is 1.10 bits per heavy atom. The Morgan fingerprint density at radius 3 is 2.55 bits per heavy atom. The van der Waals surface area contributed by atoms with E-state index in [1.165, 1.54) is 11.1 Å². The molecule has 6 heteroatoms. The Kier molecular flexibility index (Phi) is 6.28. The second-order valence-corrected chi connectivity index (χ2v) is 8.87. The molecule has 0 spiro atoms. The van der Waals surface area contributed by atoms with Crippen LogP contribution in [0.4, 0.5) is 0 Å². The number of carbonyl (C=O) groups is 1. The number of rotatable bonds is 6. The first-order valence-electron chi connectivity index (χ1n) is 11.1. The lowest BCUT2D eigenvalue weighted by molar-refractivity contribution is -0.132. The molecule has 6 nitrogen and oxygen atoms in total. The van der Waals surface area contributed by atoms with Crippen LogP contribution in [0.3, 0.4) is 0 Å². The van der Waals surface area contributed by atoms with Crippen LogP contribution in [0.1, 0.15) is 61.8 Å². The number of aryl methyl sites for hydroxylation is 1. The van der Waals surface area contributed by atoms with Crippen molar-refractivity contribution in [1.29, 1.82) is 0 Å². The minimum absolute atomic E-state index is 0.280. The molecule has 1 amide bonds. The molecule has 0 radical (unpaired) electrons. The van der Waals surface area contributed by atoms with Crippen molar-refractivity contribution in [3.63, 3.8) is 0 Å². The smallest absolute Gasteiger partial charge is 0.222 e. The van der Waals surface area contributed by atoms with Crippen LogP contribution in [-0.4, -0.2) is 45.2 Å². The van der Waals surface area contributed by atoms with Crippen molar-refractivity contribution in [2.24, 2.45) is 5.92 Å². The van der Waals surface area contributed by atoms with Crippen LogP contribution >= 0.6 is 0 Å². The molecule has 3 heterocycles. The number of nitrogens with one attached hydrogen (secondary N) is 1. The van der Waals surface area contributed by atoms with Gasteiger partial charge in [-0.1, -0.05) is 38.1 Å². The molecule has 0 atom stereocenters. The Bertz CT molecular complexity index is 818. The zero-order valence-electron chi connectivity index (χ0n) is 17.7. The maximum absolute atomic E-state index is 12.7. The maximum atomic E-state index is 12.7. The molecular formula is C23H33N5O. The van der Waals surface area contributed by atoms with Crippen LogP contribution in [0.2, 0.25) is 0 Å². The van der Waals surface area contributed by atoms with E-state index >= 15 is 0 Å². The van der Waals surface area contributed by atoms with Gasteiger partial charge < -0.3 is 14.8 Å². The Balaban J connectivity index is 1.25. The number of nitrogens with zero attached hydrogens (tertiary/aromatic N) is 4. The molecule has 1 aromatic carbocycles. The molecule has 0 unspecified atom stereocenters. The molecule has 0 bridgehead atoms. The highest BCUT2D eigenvalue weighted by molar-refractivity contribution is 5.76. The van der Waals surface area contributed by atoms with Crippen molar-refractivity contribution >= 4 is 5.91 Å². The van der Waals surface area contributed by atoms with Gasteiger partial charge in [0.15, 0.2) is 0 Å². The van der Waals surface area contributed by atoms with Gasteiger partial charge in [-0.25, -0.2) is 0 Å². The summed E-state index contributed by atoms with van der Waals surface area (Å²) in [6.45, 7) is 8.88. The molecule has 1 N–H and O–H groups in total. The van der Waals surface area contributed by atoms with Crippen molar-refractivity contribution in [3.05, 3.63) is 47.0 Å². The Labute approximate surface area is 173 Å². The summed E-state index contributed by atoms with van der Waals surface area (Å²) in [5.41, 5.74) is 2.63.